The molecule has 4 nitrogen and oxygen atoms in total. The van der Waals surface area contributed by atoms with Crippen LogP contribution in [0.2, 0.25) is 0 Å². The normalized spacial score (nSPS) is 12.0. The van der Waals surface area contributed by atoms with Gasteiger partial charge in [0.05, 0.1) is 12.3 Å². The van der Waals surface area contributed by atoms with Crippen LogP contribution in [0.1, 0.15) is 23.6 Å². The van der Waals surface area contributed by atoms with Crippen molar-refractivity contribution < 1.29 is 14.4 Å². The highest BCUT2D eigenvalue weighted by molar-refractivity contribution is 5.88. The molecule has 0 saturated heterocycles. The van der Waals surface area contributed by atoms with Crippen LogP contribution in [0.3, 0.4) is 0 Å². The monoisotopic (exact) mass is 341 g/mol. The van der Waals surface area contributed by atoms with Gasteiger partial charge in [-0.15, -0.1) is 0 Å². The average molecular weight is 341 g/mol. The van der Waals surface area contributed by atoms with E-state index in [1.165, 1.54) is 12.7 Å². The number of anilines is 1. The number of hydrogen-bond donors (Lipinski definition) is 0. The molecule has 0 heterocycles. The molecule has 4 heteroatoms. The van der Waals surface area contributed by atoms with E-state index in [-0.39, 0.29) is 12.4 Å². The van der Waals surface area contributed by atoms with Gasteiger partial charge in [-0.25, -0.2) is 5.06 Å². The highest BCUT2D eigenvalue weighted by Crippen LogP contribution is 2.27. The lowest BCUT2D eigenvalue weighted by Crippen LogP contribution is -2.42. The molecule has 0 aliphatic rings. The molecular weight excluding hydrogens is 314 g/mol. The summed E-state index contributed by atoms with van der Waals surface area (Å²) in [5.41, 5.74) is 4.32. The van der Waals surface area contributed by atoms with Crippen LogP contribution < -0.4 is 5.06 Å². The van der Waals surface area contributed by atoms with E-state index < -0.39 is 6.04 Å². The number of benzene rings is 2. The predicted octanol–water partition coefficient (Wildman–Crippen LogP) is 3.89. The van der Waals surface area contributed by atoms with Gasteiger partial charge in [-0.2, -0.15) is 0 Å². The van der Waals surface area contributed by atoms with E-state index in [1.54, 1.807) is 5.06 Å². The summed E-state index contributed by atoms with van der Waals surface area (Å²) in [4.78, 5) is 18.4. The number of carbonyl (C=O) groups is 1. The van der Waals surface area contributed by atoms with Crippen molar-refractivity contribution in [1.82, 2.24) is 0 Å². The second-order valence-corrected chi connectivity index (χ2v) is 6.21. The van der Waals surface area contributed by atoms with Gasteiger partial charge >= 0.3 is 0 Å². The van der Waals surface area contributed by atoms with E-state index in [2.05, 4.69) is 12.1 Å². The van der Waals surface area contributed by atoms with Crippen LogP contribution in [-0.4, -0.2) is 32.1 Å². The molecule has 25 heavy (non-hydrogen) atoms. The average Bonchev–Trinajstić information content (AvgIpc) is 2.60. The third kappa shape index (κ3) is 5.15. The Labute approximate surface area is 150 Å². The maximum atomic E-state index is 12.4. The number of ether oxygens (including phenoxy) is 1. The van der Waals surface area contributed by atoms with Crippen LogP contribution in [0.4, 0.5) is 5.69 Å². The number of methoxy groups -OCH3 is 1. The van der Waals surface area contributed by atoms with Gasteiger partial charge in [-0.05, 0) is 43.9 Å². The minimum absolute atomic E-state index is 0.00939. The SMILES string of the molecule is COCC(=O)C(C)N(OCCc1ccccc1)c1c(C)cccc1C. The summed E-state index contributed by atoms with van der Waals surface area (Å²) in [5, 5.41) is 1.74. The summed E-state index contributed by atoms with van der Waals surface area (Å²) in [6.07, 6.45) is 0.785. The molecule has 0 aliphatic heterocycles. The molecular formula is C21H27NO3. The number of aryl methyl sites for hydroxylation is 2. The number of ketones is 1. The van der Waals surface area contributed by atoms with Gasteiger partial charge in [0.2, 0.25) is 0 Å². The van der Waals surface area contributed by atoms with E-state index in [0.29, 0.717) is 6.61 Å². The third-order valence-electron chi connectivity index (χ3n) is 4.23. The van der Waals surface area contributed by atoms with Gasteiger partial charge in [-0.1, -0.05) is 48.5 Å². The Balaban J connectivity index is 2.18. The first-order chi connectivity index (χ1) is 12.0. The van der Waals surface area contributed by atoms with Gasteiger partial charge in [0.15, 0.2) is 5.78 Å². The van der Waals surface area contributed by atoms with Gasteiger partial charge in [0, 0.05) is 7.11 Å². The third-order valence-corrected chi connectivity index (χ3v) is 4.23. The van der Waals surface area contributed by atoms with Crippen LogP contribution in [0.15, 0.2) is 48.5 Å². The van der Waals surface area contributed by atoms with Crippen molar-refractivity contribution in [3.8, 4) is 0 Å². The van der Waals surface area contributed by atoms with Gasteiger partial charge in [0.1, 0.15) is 12.6 Å². The molecule has 0 spiro atoms. The Bertz CT molecular complexity index is 665. The Hall–Kier alpha value is -2.17. The van der Waals surface area contributed by atoms with Crippen molar-refractivity contribution in [3.63, 3.8) is 0 Å². The zero-order chi connectivity index (χ0) is 18.2. The smallest absolute Gasteiger partial charge is 0.183 e. The number of para-hydroxylation sites is 1. The number of nitrogens with zero attached hydrogens (tertiary/aromatic N) is 1. The highest BCUT2D eigenvalue weighted by Gasteiger charge is 2.25. The molecule has 134 valence electrons. The second kappa shape index (κ2) is 9.35. The van der Waals surface area contributed by atoms with Crippen molar-refractivity contribution in [1.29, 1.82) is 0 Å². The first-order valence-electron chi connectivity index (χ1n) is 8.58. The minimum atomic E-state index is -0.421. The lowest BCUT2D eigenvalue weighted by molar-refractivity contribution is -0.125. The lowest BCUT2D eigenvalue weighted by Gasteiger charge is -2.31. The fourth-order valence-corrected chi connectivity index (χ4v) is 2.82. The zero-order valence-corrected chi connectivity index (χ0v) is 15.5. The molecule has 2 aromatic carbocycles. The topological polar surface area (TPSA) is 38.8 Å². The van der Waals surface area contributed by atoms with Crippen molar-refractivity contribution in [3.05, 3.63) is 65.2 Å². The van der Waals surface area contributed by atoms with Crippen LogP contribution in [0.25, 0.3) is 0 Å². The molecule has 0 fully saturated rings. The summed E-state index contributed by atoms with van der Waals surface area (Å²) in [5.74, 6) is -0.00939. The molecule has 0 bridgehead atoms. The Kier molecular flexibility index (Phi) is 7.16. The van der Waals surface area contributed by atoms with E-state index in [0.717, 1.165) is 23.2 Å². The van der Waals surface area contributed by atoms with Gasteiger partial charge in [-0.3, -0.25) is 9.63 Å². The summed E-state index contributed by atoms with van der Waals surface area (Å²) >= 11 is 0. The van der Waals surface area contributed by atoms with Crippen LogP contribution in [-0.2, 0) is 20.8 Å². The first kappa shape index (κ1) is 19.2. The Morgan fingerprint density at radius 2 is 1.68 bits per heavy atom. The summed E-state index contributed by atoms with van der Waals surface area (Å²) in [7, 11) is 1.53. The summed E-state index contributed by atoms with van der Waals surface area (Å²) in [6.45, 7) is 6.50. The Morgan fingerprint density at radius 3 is 2.28 bits per heavy atom. The number of Topliss-reactive ketones (excluding diaryl/α,β-unsaturated/α-hetero) is 1. The molecule has 0 radical (unpaired) electrons. The standard InChI is InChI=1S/C21H27NO3/c1-16-9-8-10-17(2)21(16)22(18(3)20(23)15-24-4)25-14-13-19-11-6-5-7-12-19/h5-12,18H,13-15H2,1-4H3. The zero-order valence-electron chi connectivity index (χ0n) is 15.5. The van der Waals surface area contributed by atoms with E-state index in [1.807, 2.05) is 57.2 Å². The van der Waals surface area contributed by atoms with Crippen LogP contribution in [0, 0.1) is 13.8 Å². The maximum absolute atomic E-state index is 12.4. The largest absolute Gasteiger partial charge is 0.377 e. The predicted molar refractivity (Wildman–Crippen MR) is 101 cm³/mol. The molecule has 1 atom stereocenters. The second-order valence-electron chi connectivity index (χ2n) is 6.21. The molecule has 2 rings (SSSR count). The fourth-order valence-electron chi connectivity index (χ4n) is 2.82. The van der Waals surface area contributed by atoms with Crippen molar-refractivity contribution in [2.45, 2.75) is 33.2 Å². The molecule has 1 unspecified atom stereocenters. The van der Waals surface area contributed by atoms with Crippen molar-refractivity contribution in [2.75, 3.05) is 25.4 Å². The maximum Gasteiger partial charge on any atom is 0.183 e. The van der Waals surface area contributed by atoms with Gasteiger partial charge < -0.3 is 4.74 Å². The molecule has 0 saturated carbocycles. The number of hydroxylamine groups is 1. The van der Waals surface area contributed by atoms with E-state index >= 15 is 0 Å². The fraction of sp³-hybridized carbons (Fsp3) is 0.381. The quantitative estimate of drug-likeness (QED) is 0.649. The van der Waals surface area contributed by atoms with E-state index in [4.69, 9.17) is 9.57 Å². The van der Waals surface area contributed by atoms with E-state index in [9.17, 15) is 4.79 Å². The molecule has 0 N–H and O–H groups in total. The van der Waals surface area contributed by atoms with Crippen molar-refractivity contribution >= 4 is 11.5 Å². The Morgan fingerprint density at radius 1 is 1.04 bits per heavy atom. The number of carbonyl (C=O) groups excluding carboxylic acids is 1. The van der Waals surface area contributed by atoms with Crippen LogP contribution >= 0.6 is 0 Å². The number of rotatable bonds is 9. The van der Waals surface area contributed by atoms with Crippen LogP contribution in [0.5, 0.6) is 0 Å². The molecule has 0 amide bonds. The lowest BCUT2D eigenvalue weighted by atomic mass is 10.1. The molecule has 0 aromatic heterocycles. The summed E-state index contributed by atoms with van der Waals surface area (Å²) < 4.78 is 5.01. The number of hydrogen-bond acceptors (Lipinski definition) is 4. The highest BCUT2D eigenvalue weighted by atomic mass is 16.7. The molecule has 0 aliphatic carbocycles. The molecule has 2 aromatic rings. The summed E-state index contributed by atoms with van der Waals surface area (Å²) in [6, 6.07) is 15.8. The first-order valence-corrected chi connectivity index (χ1v) is 8.58. The van der Waals surface area contributed by atoms with Crippen molar-refractivity contribution in [2.24, 2.45) is 0 Å². The van der Waals surface area contributed by atoms with Gasteiger partial charge in [0.25, 0.3) is 0 Å². The minimum Gasteiger partial charge on any atom is -0.377 e.